The Kier molecular flexibility index (Phi) is 4.88. The van der Waals surface area contributed by atoms with Crippen molar-refractivity contribution >= 4 is 11.6 Å². The summed E-state index contributed by atoms with van der Waals surface area (Å²) in [5.41, 5.74) is 1.91. The van der Waals surface area contributed by atoms with Gasteiger partial charge in [0, 0.05) is 23.2 Å². The monoisotopic (exact) mass is 291 g/mol. The zero-order valence-electron chi connectivity index (χ0n) is 11.6. The Morgan fingerprint density at radius 1 is 1.25 bits per heavy atom. The van der Waals surface area contributed by atoms with Crippen LogP contribution in [0.3, 0.4) is 0 Å². The number of benzene rings is 2. The number of methoxy groups -OCH3 is 1. The Balaban J connectivity index is 2.05. The molecule has 0 aliphatic carbocycles. The molecule has 0 unspecified atom stereocenters. The average Bonchev–Trinajstić information content (AvgIpc) is 2.46. The van der Waals surface area contributed by atoms with Crippen LogP contribution in [0.5, 0.6) is 11.5 Å². The number of hydrogen-bond acceptors (Lipinski definition) is 3. The lowest BCUT2D eigenvalue weighted by Crippen LogP contribution is -2.18. The summed E-state index contributed by atoms with van der Waals surface area (Å²) in [6.07, 6.45) is 0. The van der Waals surface area contributed by atoms with Crippen molar-refractivity contribution < 1.29 is 9.84 Å². The fourth-order valence-electron chi connectivity index (χ4n) is 1.99. The van der Waals surface area contributed by atoms with E-state index >= 15 is 0 Å². The molecule has 2 aromatic carbocycles. The Bertz CT molecular complexity index is 586. The summed E-state index contributed by atoms with van der Waals surface area (Å²) in [5, 5.41) is 13.9. The molecule has 4 heteroatoms. The fourth-order valence-corrected chi connectivity index (χ4v) is 2.19. The van der Waals surface area contributed by atoms with E-state index in [2.05, 4.69) is 12.2 Å². The van der Waals surface area contributed by atoms with Crippen LogP contribution in [0.4, 0.5) is 0 Å². The highest BCUT2D eigenvalue weighted by atomic mass is 35.5. The zero-order chi connectivity index (χ0) is 14.5. The summed E-state index contributed by atoms with van der Waals surface area (Å²) in [6.45, 7) is 2.61. The topological polar surface area (TPSA) is 41.5 Å². The van der Waals surface area contributed by atoms with Crippen LogP contribution in [-0.2, 0) is 6.54 Å². The molecular formula is C16H18ClNO2. The summed E-state index contributed by atoms with van der Waals surface area (Å²) in [6, 6.07) is 13.1. The van der Waals surface area contributed by atoms with Crippen molar-refractivity contribution in [1.29, 1.82) is 0 Å². The van der Waals surface area contributed by atoms with Crippen LogP contribution in [0, 0.1) is 0 Å². The molecule has 106 valence electrons. The number of ether oxygens (including phenoxy) is 1. The number of nitrogens with one attached hydrogen (secondary N) is 1. The van der Waals surface area contributed by atoms with E-state index in [1.807, 2.05) is 30.3 Å². The highest BCUT2D eigenvalue weighted by Crippen LogP contribution is 2.24. The zero-order valence-corrected chi connectivity index (χ0v) is 12.3. The molecule has 0 saturated carbocycles. The SMILES string of the molecule is COc1ccc(O)c(CN[C@H](C)c2cccc(Cl)c2)c1. The lowest BCUT2D eigenvalue weighted by molar-refractivity contribution is 0.409. The van der Waals surface area contributed by atoms with Gasteiger partial charge in [-0.3, -0.25) is 0 Å². The standard InChI is InChI=1S/C16H18ClNO2/c1-11(12-4-3-5-14(17)8-12)18-10-13-9-15(20-2)6-7-16(13)19/h3-9,11,18-19H,10H2,1-2H3/t11-/m1/s1. The molecule has 0 aromatic heterocycles. The molecule has 2 rings (SSSR count). The minimum absolute atomic E-state index is 0.138. The first-order chi connectivity index (χ1) is 9.60. The van der Waals surface area contributed by atoms with Gasteiger partial charge >= 0.3 is 0 Å². The molecule has 0 heterocycles. The van der Waals surface area contributed by atoms with E-state index in [0.29, 0.717) is 6.54 Å². The van der Waals surface area contributed by atoms with E-state index in [9.17, 15) is 5.11 Å². The predicted molar refractivity (Wildman–Crippen MR) is 81.4 cm³/mol. The molecule has 0 bridgehead atoms. The molecule has 2 N–H and O–H groups in total. The first-order valence-corrected chi connectivity index (χ1v) is 6.82. The third kappa shape index (κ3) is 3.65. The van der Waals surface area contributed by atoms with Gasteiger partial charge in [-0.15, -0.1) is 0 Å². The van der Waals surface area contributed by atoms with E-state index < -0.39 is 0 Å². The molecule has 20 heavy (non-hydrogen) atoms. The average molecular weight is 292 g/mol. The number of phenolic OH excluding ortho intramolecular Hbond substituents is 1. The molecule has 3 nitrogen and oxygen atoms in total. The number of halogens is 1. The highest BCUT2D eigenvalue weighted by Gasteiger charge is 2.08. The first kappa shape index (κ1) is 14.7. The Labute approximate surface area is 124 Å². The Morgan fingerprint density at radius 3 is 2.75 bits per heavy atom. The van der Waals surface area contributed by atoms with Crippen LogP contribution in [0.1, 0.15) is 24.1 Å². The molecular weight excluding hydrogens is 274 g/mol. The summed E-state index contributed by atoms with van der Waals surface area (Å²) < 4.78 is 5.16. The van der Waals surface area contributed by atoms with Crippen LogP contribution in [-0.4, -0.2) is 12.2 Å². The van der Waals surface area contributed by atoms with Gasteiger partial charge in [-0.1, -0.05) is 23.7 Å². The second kappa shape index (κ2) is 6.64. The molecule has 0 aliphatic rings. The minimum Gasteiger partial charge on any atom is -0.508 e. The second-order valence-electron chi connectivity index (χ2n) is 4.65. The molecule has 0 radical (unpaired) electrons. The van der Waals surface area contributed by atoms with Gasteiger partial charge in [-0.25, -0.2) is 0 Å². The predicted octanol–water partition coefficient (Wildman–Crippen LogP) is 3.91. The van der Waals surface area contributed by atoms with E-state index in [1.165, 1.54) is 0 Å². The number of aromatic hydroxyl groups is 1. The van der Waals surface area contributed by atoms with Gasteiger partial charge in [0.1, 0.15) is 11.5 Å². The van der Waals surface area contributed by atoms with Crippen molar-refractivity contribution in [2.24, 2.45) is 0 Å². The molecule has 1 atom stereocenters. The van der Waals surface area contributed by atoms with E-state index in [1.54, 1.807) is 19.2 Å². The van der Waals surface area contributed by atoms with Crippen LogP contribution in [0.2, 0.25) is 5.02 Å². The third-order valence-electron chi connectivity index (χ3n) is 3.23. The minimum atomic E-state index is 0.138. The Morgan fingerprint density at radius 2 is 2.05 bits per heavy atom. The Hall–Kier alpha value is -1.71. The van der Waals surface area contributed by atoms with Gasteiger partial charge in [-0.05, 0) is 42.8 Å². The summed E-state index contributed by atoms with van der Waals surface area (Å²) in [4.78, 5) is 0. The van der Waals surface area contributed by atoms with Crippen molar-refractivity contribution in [2.45, 2.75) is 19.5 Å². The normalized spacial score (nSPS) is 12.2. The lowest BCUT2D eigenvalue weighted by atomic mass is 10.1. The number of phenols is 1. The maximum absolute atomic E-state index is 9.84. The molecule has 0 fully saturated rings. The number of rotatable bonds is 5. The smallest absolute Gasteiger partial charge is 0.120 e. The van der Waals surface area contributed by atoms with Gasteiger partial charge in [0.2, 0.25) is 0 Å². The third-order valence-corrected chi connectivity index (χ3v) is 3.47. The van der Waals surface area contributed by atoms with Crippen molar-refractivity contribution in [2.75, 3.05) is 7.11 Å². The molecule has 0 saturated heterocycles. The second-order valence-corrected chi connectivity index (χ2v) is 5.09. The van der Waals surface area contributed by atoms with Crippen LogP contribution in [0.25, 0.3) is 0 Å². The molecule has 0 aliphatic heterocycles. The lowest BCUT2D eigenvalue weighted by Gasteiger charge is -2.15. The van der Waals surface area contributed by atoms with Gasteiger partial charge in [0.25, 0.3) is 0 Å². The van der Waals surface area contributed by atoms with Gasteiger partial charge < -0.3 is 15.2 Å². The van der Waals surface area contributed by atoms with Gasteiger partial charge in [-0.2, -0.15) is 0 Å². The van der Waals surface area contributed by atoms with Crippen molar-refractivity contribution in [1.82, 2.24) is 5.32 Å². The van der Waals surface area contributed by atoms with Crippen LogP contribution in [0.15, 0.2) is 42.5 Å². The van der Waals surface area contributed by atoms with Crippen molar-refractivity contribution in [3.05, 3.63) is 58.6 Å². The quantitative estimate of drug-likeness (QED) is 0.878. The van der Waals surface area contributed by atoms with E-state index in [0.717, 1.165) is 21.9 Å². The van der Waals surface area contributed by atoms with E-state index in [-0.39, 0.29) is 11.8 Å². The number of hydrogen-bond donors (Lipinski definition) is 2. The summed E-state index contributed by atoms with van der Waals surface area (Å²) in [5.74, 6) is 0.992. The maximum atomic E-state index is 9.84. The van der Waals surface area contributed by atoms with Crippen molar-refractivity contribution in [3.63, 3.8) is 0 Å². The summed E-state index contributed by atoms with van der Waals surface area (Å²) >= 11 is 5.99. The van der Waals surface area contributed by atoms with Crippen LogP contribution < -0.4 is 10.1 Å². The largest absolute Gasteiger partial charge is 0.508 e. The first-order valence-electron chi connectivity index (χ1n) is 6.45. The van der Waals surface area contributed by atoms with Gasteiger partial charge in [0.05, 0.1) is 7.11 Å². The molecule has 2 aromatic rings. The fraction of sp³-hybridized carbons (Fsp3) is 0.250. The maximum Gasteiger partial charge on any atom is 0.120 e. The molecule has 0 amide bonds. The molecule has 0 spiro atoms. The summed E-state index contributed by atoms with van der Waals surface area (Å²) in [7, 11) is 1.61. The van der Waals surface area contributed by atoms with Crippen LogP contribution >= 0.6 is 11.6 Å². The van der Waals surface area contributed by atoms with Crippen molar-refractivity contribution in [3.8, 4) is 11.5 Å². The highest BCUT2D eigenvalue weighted by molar-refractivity contribution is 6.30. The van der Waals surface area contributed by atoms with Gasteiger partial charge in [0.15, 0.2) is 0 Å². The van der Waals surface area contributed by atoms with E-state index in [4.69, 9.17) is 16.3 Å².